The summed E-state index contributed by atoms with van der Waals surface area (Å²) in [6, 6.07) is 4.59. The third-order valence-corrected chi connectivity index (χ3v) is 2.17. The fourth-order valence-corrected chi connectivity index (χ4v) is 1.30. The van der Waals surface area contributed by atoms with E-state index in [-0.39, 0.29) is 6.54 Å². The maximum Gasteiger partial charge on any atom is 0.416 e. The van der Waals surface area contributed by atoms with Crippen LogP contribution < -0.4 is 5.73 Å². The van der Waals surface area contributed by atoms with Crippen LogP contribution in [0.1, 0.15) is 11.3 Å². The van der Waals surface area contributed by atoms with Crippen LogP contribution in [-0.4, -0.2) is 15.0 Å². The van der Waals surface area contributed by atoms with Gasteiger partial charge in [-0.25, -0.2) is 0 Å². The second-order valence-electron chi connectivity index (χ2n) is 3.37. The summed E-state index contributed by atoms with van der Waals surface area (Å²) in [5, 5.41) is 7.88. The van der Waals surface area contributed by atoms with Gasteiger partial charge in [-0.1, -0.05) is 0 Å². The molecule has 0 bridgehead atoms. The summed E-state index contributed by atoms with van der Waals surface area (Å²) in [6.45, 7) is 0.237. The largest absolute Gasteiger partial charge is 0.416 e. The van der Waals surface area contributed by atoms with E-state index in [0.29, 0.717) is 11.4 Å². The number of nitrogens with zero attached hydrogens (tertiary/aromatic N) is 3. The van der Waals surface area contributed by atoms with Gasteiger partial charge in [-0.3, -0.25) is 0 Å². The molecule has 2 aromatic rings. The van der Waals surface area contributed by atoms with Gasteiger partial charge in [0.2, 0.25) is 0 Å². The molecular weight excluding hydrogens is 233 g/mol. The van der Waals surface area contributed by atoms with Crippen molar-refractivity contribution in [2.75, 3.05) is 0 Å². The molecule has 0 aliphatic heterocycles. The molecule has 0 saturated carbocycles. The molecule has 0 radical (unpaired) electrons. The highest BCUT2D eigenvalue weighted by molar-refractivity contribution is 5.33. The summed E-state index contributed by atoms with van der Waals surface area (Å²) in [4.78, 5) is 1.24. The Bertz CT molecular complexity index is 501. The van der Waals surface area contributed by atoms with Gasteiger partial charge >= 0.3 is 6.18 Å². The molecule has 0 fully saturated rings. The van der Waals surface area contributed by atoms with Crippen LogP contribution in [0.25, 0.3) is 5.69 Å². The van der Waals surface area contributed by atoms with Crippen molar-refractivity contribution in [3.05, 3.63) is 41.7 Å². The lowest BCUT2D eigenvalue weighted by atomic mass is 10.2. The first-order chi connectivity index (χ1) is 8.00. The Morgan fingerprint density at radius 2 is 1.82 bits per heavy atom. The Morgan fingerprint density at radius 1 is 1.18 bits per heavy atom. The lowest BCUT2D eigenvalue weighted by Gasteiger charge is -2.06. The fraction of sp³-hybridized carbons (Fsp3) is 0.200. The van der Waals surface area contributed by atoms with Crippen LogP contribution in [0.15, 0.2) is 30.5 Å². The normalized spacial score (nSPS) is 11.8. The maximum absolute atomic E-state index is 12.3. The van der Waals surface area contributed by atoms with Gasteiger partial charge in [-0.15, -0.1) is 0 Å². The van der Waals surface area contributed by atoms with E-state index in [1.165, 1.54) is 23.1 Å². The second-order valence-corrected chi connectivity index (χ2v) is 3.37. The molecule has 2 N–H and O–H groups in total. The highest BCUT2D eigenvalue weighted by Gasteiger charge is 2.30. The molecule has 0 atom stereocenters. The summed E-state index contributed by atoms with van der Waals surface area (Å²) in [5.74, 6) is 0. The number of benzene rings is 1. The van der Waals surface area contributed by atoms with Crippen LogP contribution in [0.3, 0.4) is 0 Å². The van der Waals surface area contributed by atoms with Gasteiger partial charge in [0.15, 0.2) is 0 Å². The van der Waals surface area contributed by atoms with Gasteiger partial charge in [0, 0.05) is 6.54 Å². The van der Waals surface area contributed by atoms with E-state index in [9.17, 15) is 13.2 Å². The van der Waals surface area contributed by atoms with Crippen molar-refractivity contribution in [1.82, 2.24) is 15.0 Å². The average molecular weight is 242 g/mol. The summed E-state index contributed by atoms with van der Waals surface area (Å²) in [7, 11) is 0. The topological polar surface area (TPSA) is 56.7 Å². The SMILES string of the molecule is NCc1cnn(-c2ccc(C(F)(F)F)cc2)n1. The molecule has 7 heteroatoms. The highest BCUT2D eigenvalue weighted by atomic mass is 19.4. The summed E-state index contributed by atoms with van der Waals surface area (Å²) in [5.41, 5.74) is 5.69. The molecule has 0 amide bonds. The molecule has 0 spiro atoms. The van der Waals surface area contributed by atoms with Crippen molar-refractivity contribution < 1.29 is 13.2 Å². The van der Waals surface area contributed by atoms with Gasteiger partial charge in [0.1, 0.15) is 0 Å². The molecule has 17 heavy (non-hydrogen) atoms. The van der Waals surface area contributed by atoms with Crippen LogP contribution in [-0.2, 0) is 12.7 Å². The molecule has 0 aliphatic carbocycles. The summed E-state index contributed by atoms with van der Waals surface area (Å²) < 4.78 is 37.0. The third kappa shape index (κ3) is 2.44. The Morgan fingerprint density at radius 3 is 2.29 bits per heavy atom. The first-order valence-electron chi connectivity index (χ1n) is 4.79. The second kappa shape index (κ2) is 4.17. The number of halogens is 3. The van der Waals surface area contributed by atoms with Crippen LogP contribution in [0.4, 0.5) is 13.2 Å². The predicted molar refractivity (Wildman–Crippen MR) is 54.3 cm³/mol. The Labute approximate surface area is 94.9 Å². The number of alkyl halides is 3. The number of nitrogens with two attached hydrogens (primary N) is 1. The van der Waals surface area contributed by atoms with E-state index < -0.39 is 11.7 Å². The van der Waals surface area contributed by atoms with E-state index in [1.807, 2.05) is 0 Å². The van der Waals surface area contributed by atoms with E-state index in [4.69, 9.17) is 5.73 Å². The van der Waals surface area contributed by atoms with Crippen molar-refractivity contribution in [1.29, 1.82) is 0 Å². The fourth-order valence-electron chi connectivity index (χ4n) is 1.30. The molecule has 0 saturated heterocycles. The average Bonchev–Trinajstić information content (AvgIpc) is 2.76. The zero-order valence-corrected chi connectivity index (χ0v) is 8.65. The third-order valence-electron chi connectivity index (χ3n) is 2.17. The minimum Gasteiger partial charge on any atom is -0.325 e. The highest BCUT2D eigenvalue weighted by Crippen LogP contribution is 2.29. The number of aromatic nitrogens is 3. The lowest BCUT2D eigenvalue weighted by molar-refractivity contribution is -0.137. The van der Waals surface area contributed by atoms with Gasteiger partial charge < -0.3 is 5.73 Å². The smallest absolute Gasteiger partial charge is 0.325 e. The van der Waals surface area contributed by atoms with E-state index in [0.717, 1.165) is 12.1 Å². The van der Waals surface area contributed by atoms with Crippen molar-refractivity contribution in [2.24, 2.45) is 5.73 Å². The predicted octanol–water partition coefficient (Wildman–Crippen LogP) is 1.74. The monoisotopic (exact) mass is 242 g/mol. The molecule has 2 rings (SSSR count). The maximum atomic E-state index is 12.3. The minimum absolute atomic E-state index is 0.237. The standard InChI is InChI=1S/C10H9F3N4/c11-10(12,13)7-1-3-9(4-2-7)17-15-6-8(5-14)16-17/h1-4,6H,5,14H2. The van der Waals surface area contributed by atoms with Crippen LogP contribution in [0.2, 0.25) is 0 Å². The zero-order chi connectivity index (χ0) is 12.5. The van der Waals surface area contributed by atoms with Crippen LogP contribution in [0, 0.1) is 0 Å². The number of rotatable bonds is 2. The van der Waals surface area contributed by atoms with Crippen LogP contribution >= 0.6 is 0 Å². The van der Waals surface area contributed by atoms with Crippen molar-refractivity contribution in [2.45, 2.75) is 12.7 Å². The van der Waals surface area contributed by atoms with Gasteiger partial charge in [-0.2, -0.15) is 28.2 Å². The van der Waals surface area contributed by atoms with Gasteiger partial charge in [-0.05, 0) is 24.3 Å². The number of hydrogen-bond donors (Lipinski definition) is 1. The van der Waals surface area contributed by atoms with Crippen molar-refractivity contribution >= 4 is 0 Å². The van der Waals surface area contributed by atoms with E-state index in [2.05, 4.69) is 10.2 Å². The van der Waals surface area contributed by atoms with Gasteiger partial charge in [0.25, 0.3) is 0 Å². The zero-order valence-electron chi connectivity index (χ0n) is 8.65. The van der Waals surface area contributed by atoms with E-state index >= 15 is 0 Å². The molecule has 0 aliphatic rings. The molecule has 0 unspecified atom stereocenters. The Kier molecular flexibility index (Phi) is 2.84. The number of hydrogen-bond acceptors (Lipinski definition) is 3. The lowest BCUT2D eigenvalue weighted by Crippen LogP contribution is -2.06. The Balaban J connectivity index is 2.29. The van der Waals surface area contributed by atoms with Gasteiger partial charge in [0.05, 0.1) is 23.1 Å². The quantitative estimate of drug-likeness (QED) is 0.872. The molecule has 1 heterocycles. The summed E-state index contributed by atoms with van der Waals surface area (Å²) in [6.07, 6.45) is -2.86. The van der Waals surface area contributed by atoms with Crippen molar-refractivity contribution in [3.63, 3.8) is 0 Å². The molecule has 90 valence electrons. The van der Waals surface area contributed by atoms with Crippen LogP contribution in [0.5, 0.6) is 0 Å². The van der Waals surface area contributed by atoms with Crippen molar-refractivity contribution in [3.8, 4) is 5.69 Å². The summed E-state index contributed by atoms with van der Waals surface area (Å²) >= 11 is 0. The molecule has 1 aromatic carbocycles. The Hall–Kier alpha value is -1.89. The first kappa shape index (κ1) is 11.6. The molecular formula is C10H9F3N4. The molecule has 4 nitrogen and oxygen atoms in total. The van der Waals surface area contributed by atoms with E-state index in [1.54, 1.807) is 0 Å². The molecule has 1 aromatic heterocycles. The first-order valence-corrected chi connectivity index (χ1v) is 4.79. The minimum atomic E-state index is -4.33.